The molecule has 0 fully saturated rings. The van der Waals surface area contributed by atoms with Gasteiger partial charge in [-0.25, -0.2) is 8.42 Å². The maximum atomic E-state index is 13.9. The molecule has 1 N–H and O–H groups in total. The minimum atomic E-state index is -4.16. The first-order chi connectivity index (χ1) is 18.1. The van der Waals surface area contributed by atoms with E-state index in [9.17, 15) is 18.0 Å². The molecule has 2 amide bonds. The molecule has 0 saturated carbocycles. The molecule has 0 aliphatic carbocycles. The Balaban J connectivity index is 2.06. The molecule has 0 heterocycles. The zero-order valence-corrected chi connectivity index (χ0v) is 23.4. The van der Waals surface area contributed by atoms with Gasteiger partial charge in [-0.3, -0.25) is 13.9 Å². The van der Waals surface area contributed by atoms with E-state index in [1.54, 1.807) is 76.4 Å². The van der Waals surface area contributed by atoms with E-state index in [0.717, 1.165) is 9.87 Å². The van der Waals surface area contributed by atoms with Crippen LogP contribution < -0.4 is 14.4 Å². The van der Waals surface area contributed by atoms with E-state index >= 15 is 0 Å². The lowest BCUT2D eigenvalue weighted by molar-refractivity contribution is -0.139. The lowest BCUT2D eigenvalue weighted by Gasteiger charge is -2.32. The highest BCUT2D eigenvalue weighted by Gasteiger charge is 2.33. The van der Waals surface area contributed by atoms with Gasteiger partial charge in [0.1, 0.15) is 18.3 Å². The number of amides is 2. The molecule has 3 aromatic carbocycles. The number of anilines is 1. The molecular weight excluding hydrogens is 526 g/mol. The quantitative estimate of drug-likeness (QED) is 0.377. The Morgan fingerprint density at radius 3 is 2.39 bits per heavy atom. The standard InChI is InChI=1S/C28H32ClN3O5S/c1-5-30-28(34)21(3)31(18-22-10-9-11-24(16-22)37-4)27(33)19-32(26-17-23(29)15-14-20(26)2)38(35,36)25-12-7-6-8-13-25/h6-17,21H,5,18-19H2,1-4H3,(H,30,34)/t21-/m1/s1. The molecule has 0 aromatic heterocycles. The van der Waals surface area contributed by atoms with Crippen molar-refractivity contribution in [3.05, 3.63) is 88.9 Å². The maximum absolute atomic E-state index is 13.9. The monoisotopic (exact) mass is 557 g/mol. The fourth-order valence-electron chi connectivity index (χ4n) is 3.96. The van der Waals surface area contributed by atoms with Crippen molar-refractivity contribution in [1.82, 2.24) is 10.2 Å². The molecule has 0 aliphatic rings. The summed E-state index contributed by atoms with van der Waals surface area (Å²) in [6, 6.07) is 19.0. The molecule has 0 bridgehead atoms. The van der Waals surface area contributed by atoms with Crippen molar-refractivity contribution >= 4 is 39.1 Å². The Morgan fingerprint density at radius 1 is 1.03 bits per heavy atom. The lowest BCUT2D eigenvalue weighted by atomic mass is 10.1. The van der Waals surface area contributed by atoms with Crippen molar-refractivity contribution in [2.24, 2.45) is 0 Å². The number of ether oxygens (including phenoxy) is 1. The van der Waals surface area contributed by atoms with E-state index in [2.05, 4.69) is 5.32 Å². The summed E-state index contributed by atoms with van der Waals surface area (Å²) < 4.78 is 34.0. The van der Waals surface area contributed by atoms with Crippen LogP contribution in [-0.2, 0) is 26.2 Å². The van der Waals surface area contributed by atoms with Crippen LogP contribution in [0.25, 0.3) is 0 Å². The highest BCUT2D eigenvalue weighted by molar-refractivity contribution is 7.92. The van der Waals surface area contributed by atoms with Crippen LogP contribution in [0.15, 0.2) is 77.7 Å². The Labute approximate surface area is 229 Å². The van der Waals surface area contributed by atoms with Gasteiger partial charge < -0.3 is 15.0 Å². The smallest absolute Gasteiger partial charge is 0.264 e. The van der Waals surface area contributed by atoms with Crippen LogP contribution >= 0.6 is 11.6 Å². The van der Waals surface area contributed by atoms with E-state index in [-0.39, 0.29) is 23.0 Å². The maximum Gasteiger partial charge on any atom is 0.264 e. The zero-order valence-electron chi connectivity index (χ0n) is 21.8. The van der Waals surface area contributed by atoms with Gasteiger partial charge in [0.25, 0.3) is 10.0 Å². The molecule has 3 aromatic rings. The van der Waals surface area contributed by atoms with Crippen molar-refractivity contribution in [1.29, 1.82) is 0 Å². The highest BCUT2D eigenvalue weighted by atomic mass is 35.5. The Morgan fingerprint density at radius 2 is 1.74 bits per heavy atom. The summed E-state index contributed by atoms with van der Waals surface area (Å²) in [4.78, 5) is 28.1. The van der Waals surface area contributed by atoms with Crippen molar-refractivity contribution < 1.29 is 22.7 Å². The predicted molar refractivity (Wildman–Crippen MR) is 149 cm³/mol. The Hall–Kier alpha value is -3.56. The first kappa shape index (κ1) is 29.0. The lowest BCUT2D eigenvalue weighted by Crippen LogP contribution is -2.51. The predicted octanol–water partition coefficient (Wildman–Crippen LogP) is 4.41. The van der Waals surface area contributed by atoms with Gasteiger partial charge in [0.05, 0.1) is 17.7 Å². The fourth-order valence-corrected chi connectivity index (χ4v) is 5.61. The average Bonchev–Trinajstić information content (AvgIpc) is 2.92. The van der Waals surface area contributed by atoms with Crippen molar-refractivity contribution in [3.8, 4) is 5.75 Å². The van der Waals surface area contributed by atoms with Gasteiger partial charge in [-0.05, 0) is 68.3 Å². The third-order valence-electron chi connectivity index (χ3n) is 6.06. The van der Waals surface area contributed by atoms with E-state index in [4.69, 9.17) is 16.3 Å². The number of rotatable bonds is 11. The molecule has 3 rings (SSSR count). The van der Waals surface area contributed by atoms with Crippen molar-refractivity contribution in [2.45, 2.75) is 38.3 Å². The number of hydrogen-bond acceptors (Lipinski definition) is 5. The van der Waals surface area contributed by atoms with Crippen molar-refractivity contribution in [3.63, 3.8) is 0 Å². The molecule has 0 unspecified atom stereocenters. The van der Waals surface area contributed by atoms with E-state index in [1.165, 1.54) is 23.1 Å². The van der Waals surface area contributed by atoms with E-state index in [1.807, 2.05) is 6.07 Å². The van der Waals surface area contributed by atoms with Gasteiger partial charge in [-0.15, -0.1) is 0 Å². The zero-order chi connectivity index (χ0) is 27.9. The number of halogens is 1. The van der Waals surface area contributed by atoms with Crippen LogP contribution in [0.3, 0.4) is 0 Å². The van der Waals surface area contributed by atoms with Crippen molar-refractivity contribution in [2.75, 3.05) is 24.5 Å². The molecular formula is C28H32ClN3O5S. The third kappa shape index (κ3) is 6.85. The highest BCUT2D eigenvalue weighted by Crippen LogP contribution is 2.30. The molecule has 0 saturated heterocycles. The van der Waals surface area contributed by atoms with Gasteiger partial charge in [0.2, 0.25) is 11.8 Å². The van der Waals surface area contributed by atoms with Gasteiger partial charge >= 0.3 is 0 Å². The number of carbonyl (C=O) groups excluding carboxylic acids is 2. The number of carbonyl (C=O) groups is 2. The summed E-state index contributed by atoms with van der Waals surface area (Å²) in [7, 11) is -2.61. The van der Waals surface area contributed by atoms with Crippen LogP contribution in [0.4, 0.5) is 5.69 Å². The van der Waals surface area contributed by atoms with Crippen LogP contribution in [0.2, 0.25) is 5.02 Å². The summed E-state index contributed by atoms with van der Waals surface area (Å²) in [6.07, 6.45) is 0. The van der Waals surface area contributed by atoms with Gasteiger partial charge in [0, 0.05) is 18.1 Å². The van der Waals surface area contributed by atoms with Gasteiger partial charge in [-0.2, -0.15) is 0 Å². The van der Waals surface area contributed by atoms with E-state index < -0.39 is 28.5 Å². The second-order valence-electron chi connectivity index (χ2n) is 8.70. The molecule has 0 aliphatic heterocycles. The molecule has 0 radical (unpaired) electrons. The number of likely N-dealkylation sites (N-methyl/N-ethyl adjacent to an activating group) is 1. The average molecular weight is 558 g/mol. The molecule has 202 valence electrons. The number of sulfonamides is 1. The van der Waals surface area contributed by atoms with Crippen LogP contribution in [0, 0.1) is 6.92 Å². The first-order valence-electron chi connectivity index (χ1n) is 12.1. The largest absolute Gasteiger partial charge is 0.497 e. The van der Waals surface area contributed by atoms with Gasteiger partial charge in [-0.1, -0.05) is 48.0 Å². The molecule has 1 atom stereocenters. The summed E-state index contributed by atoms with van der Waals surface area (Å²) in [5.74, 6) is -0.297. The number of hydrogen-bond donors (Lipinski definition) is 1. The number of nitrogens with zero attached hydrogens (tertiary/aromatic N) is 2. The molecule has 8 nitrogen and oxygen atoms in total. The number of methoxy groups -OCH3 is 1. The summed E-state index contributed by atoms with van der Waals surface area (Å²) in [5.41, 5.74) is 1.63. The Bertz CT molecular complexity index is 1380. The van der Waals surface area contributed by atoms with Crippen LogP contribution in [-0.4, -0.2) is 51.4 Å². The minimum absolute atomic E-state index is 0.0308. The van der Waals surface area contributed by atoms with Gasteiger partial charge in [0.15, 0.2) is 0 Å². The molecule has 0 spiro atoms. The molecule has 38 heavy (non-hydrogen) atoms. The van der Waals surface area contributed by atoms with Crippen LogP contribution in [0.1, 0.15) is 25.0 Å². The Kier molecular flexibility index (Phi) is 9.77. The summed E-state index contributed by atoms with van der Waals surface area (Å²) in [5, 5.41) is 3.07. The van der Waals surface area contributed by atoms with Crippen LogP contribution in [0.5, 0.6) is 5.75 Å². The SMILES string of the molecule is CCNC(=O)[C@@H](C)N(Cc1cccc(OC)c1)C(=O)CN(c1cc(Cl)ccc1C)S(=O)(=O)c1ccccc1. The normalized spacial score (nSPS) is 11.9. The number of nitrogens with one attached hydrogen (secondary N) is 1. The number of aryl methyl sites for hydroxylation is 1. The first-order valence-corrected chi connectivity index (χ1v) is 13.9. The summed E-state index contributed by atoms with van der Waals surface area (Å²) >= 11 is 6.24. The van der Waals surface area contributed by atoms with E-state index in [0.29, 0.717) is 22.9 Å². The second-order valence-corrected chi connectivity index (χ2v) is 11.0. The second kappa shape index (κ2) is 12.8. The topological polar surface area (TPSA) is 96.0 Å². The third-order valence-corrected chi connectivity index (χ3v) is 8.06. The minimum Gasteiger partial charge on any atom is -0.497 e. The summed E-state index contributed by atoms with van der Waals surface area (Å²) in [6.45, 7) is 5.07. The molecule has 10 heteroatoms. The fraction of sp³-hybridized carbons (Fsp3) is 0.286. The number of benzene rings is 3.